The third-order valence-electron chi connectivity index (χ3n) is 3.45. The summed E-state index contributed by atoms with van der Waals surface area (Å²) in [5.41, 5.74) is 0.799. The monoisotopic (exact) mass is 303 g/mol. The van der Waals surface area contributed by atoms with Crippen molar-refractivity contribution in [2.45, 2.75) is 26.7 Å². The molecule has 22 heavy (non-hydrogen) atoms. The summed E-state index contributed by atoms with van der Waals surface area (Å²) in [6.07, 6.45) is 0.827. The molecule has 118 valence electrons. The molecular weight excluding hydrogens is 282 g/mol. The first-order valence-corrected chi connectivity index (χ1v) is 7.42. The molecule has 1 amide bonds. The van der Waals surface area contributed by atoms with Gasteiger partial charge in [0.15, 0.2) is 0 Å². The van der Waals surface area contributed by atoms with Crippen LogP contribution in [0.25, 0.3) is 11.5 Å². The normalized spacial score (nSPS) is 10.5. The van der Waals surface area contributed by atoms with E-state index >= 15 is 0 Å². The Morgan fingerprint density at radius 2 is 2.05 bits per heavy atom. The highest BCUT2D eigenvalue weighted by Gasteiger charge is 2.13. The molecule has 0 N–H and O–H groups in total. The quantitative estimate of drug-likeness (QED) is 0.786. The van der Waals surface area contributed by atoms with Crippen molar-refractivity contribution in [2.24, 2.45) is 0 Å². The van der Waals surface area contributed by atoms with Crippen molar-refractivity contribution in [2.75, 3.05) is 20.2 Å². The lowest BCUT2D eigenvalue weighted by Crippen LogP contribution is -2.30. The summed E-state index contributed by atoms with van der Waals surface area (Å²) >= 11 is 0. The lowest BCUT2D eigenvalue weighted by atomic mass is 10.2. The van der Waals surface area contributed by atoms with Crippen LogP contribution in [0.5, 0.6) is 5.75 Å². The summed E-state index contributed by atoms with van der Waals surface area (Å²) in [6.45, 7) is 5.37. The maximum atomic E-state index is 12.0. The summed E-state index contributed by atoms with van der Waals surface area (Å²) in [5.74, 6) is 1.74. The van der Waals surface area contributed by atoms with Gasteiger partial charge in [-0.2, -0.15) is 0 Å². The highest BCUT2D eigenvalue weighted by molar-refractivity contribution is 5.76. The first-order valence-electron chi connectivity index (χ1n) is 7.42. The average molecular weight is 303 g/mol. The molecular formula is C16H21N3O3. The van der Waals surface area contributed by atoms with E-state index in [0.29, 0.717) is 37.7 Å². The van der Waals surface area contributed by atoms with Gasteiger partial charge in [0.1, 0.15) is 5.75 Å². The van der Waals surface area contributed by atoms with E-state index in [9.17, 15) is 4.79 Å². The Hall–Kier alpha value is -2.37. The van der Waals surface area contributed by atoms with Crippen molar-refractivity contribution >= 4 is 5.91 Å². The first-order chi connectivity index (χ1) is 10.7. The molecule has 0 saturated heterocycles. The van der Waals surface area contributed by atoms with Crippen molar-refractivity contribution in [3.8, 4) is 17.2 Å². The Bertz CT molecular complexity index is 621. The number of hydrogen-bond acceptors (Lipinski definition) is 5. The fourth-order valence-corrected chi connectivity index (χ4v) is 2.18. The van der Waals surface area contributed by atoms with Gasteiger partial charge in [0, 0.05) is 31.5 Å². The smallest absolute Gasteiger partial charge is 0.247 e. The van der Waals surface area contributed by atoms with Crippen LogP contribution in [0.15, 0.2) is 28.7 Å². The van der Waals surface area contributed by atoms with Crippen molar-refractivity contribution < 1.29 is 13.9 Å². The maximum absolute atomic E-state index is 12.0. The van der Waals surface area contributed by atoms with Crippen LogP contribution in [0.4, 0.5) is 0 Å². The molecule has 0 bridgehead atoms. The number of amides is 1. The molecule has 0 atom stereocenters. The number of carbonyl (C=O) groups is 1. The van der Waals surface area contributed by atoms with Gasteiger partial charge in [0.2, 0.25) is 17.7 Å². The van der Waals surface area contributed by atoms with E-state index < -0.39 is 0 Å². The number of methoxy groups -OCH3 is 1. The second kappa shape index (κ2) is 7.59. The topological polar surface area (TPSA) is 68.5 Å². The van der Waals surface area contributed by atoms with Gasteiger partial charge in [-0.05, 0) is 32.0 Å². The zero-order chi connectivity index (χ0) is 15.9. The number of hydrogen-bond donors (Lipinski definition) is 0. The number of benzene rings is 1. The second-order valence-electron chi connectivity index (χ2n) is 4.80. The highest BCUT2D eigenvalue weighted by atomic mass is 16.5. The molecule has 0 aliphatic rings. The van der Waals surface area contributed by atoms with Crippen molar-refractivity contribution in [1.29, 1.82) is 0 Å². The third kappa shape index (κ3) is 3.84. The fourth-order valence-electron chi connectivity index (χ4n) is 2.18. The van der Waals surface area contributed by atoms with E-state index in [2.05, 4.69) is 10.2 Å². The van der Waals surface area contributed by atoms with Crippen LogP contribution in [0.2, 0.25) is 0 Å². The zero-order valence-electron chi connectivity index (χ0n) is 13.2. The van der Waals surface area contributed by atoms with Crippen LogP contribution in [0, 0.1) is 0 Å². The van der Waals surface area contributed by atoms with Crippen LogP contribution < -0.4 is 4.74 Å². The zero-order valence-corrected chi connectivity index (χ0v) is 13.2. The third-order valence-corrected chi connectivity index (χ3v) is 3.45. The molecule has 1 aromatic heterocycles. The Morgan fingerprint density at radius 1 is 1.27 bits per heavy atom. The maximum Gasteiger partial charge on any atom is 0.247 e. The summed E-state index contributed by atoms with van der Waals surface area (Å²) in [4.78, 5) is 13.7. The molecule has 0 spiro atoms. The lowest BCUT2D eigenvalue weighted by molar-refractivity contribution is -0.130. The summed E-state index contributed by atoms with van der Waals surface area (Å²) in [5, 5.41) is 8.03. The molecule has 0 unspecified atom stereocenters. The molecule has 1 heterocycles. The Morgan fingerprint density at radius 3 is 2.73 bits per heavy atom. The van der Waals surface area contributed by atoms with E-state index in [-0.39, 0.29) is 5.91 Å². The second-order valence-corrected chi connectivity index (χ2v) is 4.80. The van der Waals surface area contributed by atoms with Crippen LogP contribution in [-0.2, 0) is 11.2 Å². The van der Waals surface area contributed by atoms with Crippen molar-refractivity contribution in [3.63, 3.8) is 0 Å². The Labute approximate surface area is 130 Å². The van der Waals surface area contributed by atoms with Crippen LogP contribution in [0.1, 0.15) is 26.2 Å². The fraction of sp³-hybridized carbons (Fsp3) is 0.438. The number of rotatable bonds is 7. The van der Waals surface area contributed by atoms with Crippen molar-refractivity contribution in [3.05, 3.63) is 30.2 Å². The van der Waals surface area contributed by atoms with E-state index in [1.165, 1.54) is 0 Å². The minimum atomic E-state index is 0.103. The molecule has 0 aliphatic heterocycles. The summed E-state index contributed by atoms with van der Waals surface area (Å²) < 4.78 is 10.8. The highest BCUT2D eigenvalue weighted by Crippen LogP contribution is 2.22. The number of nitrogens with zero attached hydrogens (tertiary/aromatic N) is 3. The van der Waals surface area contributed by atoms with Gasteiger partial charge >= 0.3 is 0 Å². The first kappa shape index (κ1) is 16.0. The molecule has 0 radical (unpaired) electrons. The number of carbonyl (C=O) groups excluding carboxylic acids is 1. The Balaban J connectivity index is 2.01. The molecule has 6 nitrogen and oxygen atoms in total. The van der Waals surface area contributed by atoms with Gasteiger partial charge in [-0.25, -0.2) is 0 Å². The number of aryl methyl sites for hydroxylation is 1. The average Bonchev–Trinajstić information content (AvgIpc) is 3.03. The van der Waals surface area contributed by atoms with Crippen LogP contribution >= 0.6 is 0 Å². The standard InChI is InChI=1S/C16H21N3O3/c1-4-19(5-2)15(20)10-9-14-17-18-16(22-14)12-7-6-8-13(11-12)21-3/h6-8,11H,4-5,9-10H2,1-3H3. The Kier molecular flexibility index (Phi) is 5.52. The van der Waals surface area contributed by atoms with Gasteiger partial charge in [-0.15, -0.1) is 10.2 Å². The molecule has 2 aromatic rings. The molecule has 6 heteroatoms. The molecule has 1 aromatic carbocycles. The van der Waals surface area contributed by atoms with E-state index in [0.717, 1.165) is 11.3 Å². The lowest BCUT2D eigenvalue weighted by Gasteiger charge is -2.17. The van der Waals surface area contributed by atoms with E-state index in [1.807, 2.05) is 38.1 Å². The van der Waals surface area contributed by atoms with E-state index in [1.54, 1.807) is 12.0 Å². The van der Waals surface area contributed by atoms with Crippen LogP contribution in [0.3, 0.4) is 0 Å². The van der Waals surface area contributed by atoms with Gasteiger partial charge in [-0.1, -0.05) is 6.07 Å². The minimum absolute atomic E-state index is 0.103. The summed E-state index contributed by atoms with van der Waals surface area (Å²) in [7, 11) is 1.61. The largest absolute Gasteiger partial charge is 0.497 e. The van der Waals surface area contributed by atoms with Gasteiger partial charge in [0.25, 0.3) is 0 Å². The molecule has 2 rings (SSSR count). The molecule has 0 aliphatic carbocycles. The molecule has 0 saturated carbocycles. The number of aromatic nitrogens is 2. The summed E-state index contributed by atoms with van der Waals surface area (Å²) in [6, 6.07) is 7.42. The molecule has 0 fully saturated rings. The van der Waals surface area contributed by atoms with Crippen molar-refractivity contribution in [1.82, 2.24) is 15.1 Å². The minimum Gasteiger partial charge on any atom is -0.497 e. The van der Waals surface area contributed by atoms with Gasteiger partial charge in [-0.3, -0.25) is 4.79 Å². The number of ether oxygens (including phenoxy) is 1. The van der Waals surface area contributed by atoms with Gasteiger partial charge in [0.05, 0.1) is 7.11 Å². The SMILES string of the molecule is CCN(CC)C(=O)CCc1nnc(-c2cccc(OC)c2)o1. The van der Waals surface area contributed by atoms with Gasteiger partial charge < -0.3 is 14.1 Å². The van der Waals surface area contributed by atoms with E-state index in [4.69, 9.17) is 9.15 Å². The van der Waals surface area contributed by atoms with Crippen LogP contribution in [-0.4, -0.2) is 41.2 Å². The predicted octanol–water partition coefficient (Wildman–Crippen LogP) is 2.55. The predicted molar refractivity (Wildman–Crippen MR) is 82.5 cm³/mol.